The summed E-state index contributed by atoms with van der Waals surface area (Å²) < 4.78 is 41.9. The molecule has 0 aromatic rings. The van der Waals surface area contributed by atoms with Crippen molar-refractivity contribution in [3.05, 3.63) is 0 Å². The fourth-order valence-electron chi connectivity index (χ4n) is 10.1. The van der Waals surface area contributed by atoms with Gasteiger partial charge in [0.2, 0.25) is 0 Å². The monoisotopic (exact) mass is 524 g/mol. The molecule has 0 saturated heterocycles. The lowest BCUT2D eigenvalue weighted by molar-refractivity contribution is -0.252. The largest absolute Gasteiger partial charge is 0.460 e. The van der Waals surface area contributed by atoms with E-state index in [1.54, 1.807) is 0 Å². The maximum atomic E-state index is 15.6. The molecule has 37 heavy (non-hydrogen) atoms. The smallest absolute Gasteiger partial charge is 0.303 e. The third-order valence-corrected chi connectivity index (χ3v) is 11.6. The minimum atomic E-state index is -2.95. The predicted octanol–water partition coefficient (Wildman–Crippen LogP) is 7.97. The lowest BCUT2D eigenvalue weighted by atomic mass is 9.43. The van der Waals surface area contributed by atoms with E-state index in [-0.39, 0.29) is 23.2 Å². The van der Waals surface area contributed by atoms with E-state index < -0.39 is 29.5 Å². The molecule has 6 heteroatoms. The van der Waals surface area contributed by atoms with Crippen molar-refractivity contribution >= 4 is 11.9 Å². The normalized spacial score (nSPS) is 41.6. The second kappa shape index (κ2) is 10.1. The van der Waals surface area contributed by atoms with Crippen LogP contribution >= 0.6 is 0 Å². The Morgan fingerprint density at radius 1 is 0.919 bits per heavy atom. The zero-order chi connectivity index (χ0) is 27.4. The molecule has 0 bridgehead atoms. The first-order valence-corrected chi connectivity index (χ1v) is 14.9. The molecule has 0 N–H and O–H groups in total. The average Bonchev–Trinajstić information content (AvgIpc) is 3.12. The highest BCUT2D eigenvalue weighted by Gasteiger charge is 2.67. The van der Waals surface area contributed by atoms with Gasteiger partial charge in [-0.25, -0.2) is 8.78 Å². The maximum absolute atomic E-state index is 15.6. The first-order valence-electron chi connectivity index (χ1n) is 14.9. The number of halogens is 2. The number of alkyl halides is 2. The van der Waals surface area contributed by atoms with Crippen LogP contribution in [0.15, 0.2) is 0 Å². The number of esters is 2. The summed E-state index contributed by atoms with van der Waals surface area (Å²) in [5.74, 6) is -1.70. The molecule has 0 amide bonds. The number of hydrogen-bond donors (Lipinski definition) is 0. The van der Waals surface area contributed by atoms with Gasteiger partial charge in [0, 0.05) is 19.8 Å². The van der Waals surface area contributed by atoms with Gasteiger partial charge in [-0.2, -0.15) is 0 Å². The lowest BCUT2D eigenvalue weighted by Gasteiger charge is -2.62. The Hall–Kier alpha value is -1.20. The van der Waals surface area contributed by atoms with Crippen molar-refractivity contribution in [1.82, 2.24) is 0 Å². The summed E-state index contributed by atoms with van der Waals surface area (Å²) in [6.07, 6.45) is 8.84. The number of fused-ring (bicyclic) bond motifs is 5. The average molecular weight is 525 g/mol. The van der Waals surface area contributed by atoms with E-state index in [2.05, 4.69) is 20.8 Å². The summed E-state index contributed by atoms with van der Waals surface area (Å²) in [5, 5.41) is 0. The zero-order valence-electron chi connectivity index (χ0n) is 24.2. The van der Waals surface area contributed by atoms with E-state index in [0.717, 1.165) is 44.9 Å². The van der Waals surface area contributed by atoms with Gasteiger partial charge in [-0.3, -0.25) is 9.59 Å². The van der Waals surface area contributed by atoms with Crippen LogP contribution in [0.5, 0.6) is 0 Å². The van der Waals surface area contributed by atoms with Crippen molar-refractivity contribution in [2.45, 2.75) is 137 Å². The van der Waals surface area contributed by atoms with E-state index in [4.69, 9.17) is 9.47 Å². The molecule has 0 spiro atoms. The number of carbonyl (C=O) groups is 2. The van der Waals surface area contributed by atoms with E-state index in [1.165, 1.54) is 26.7 Å². The van der Waals surface area contributed by atoms with Gasteiger partial charge >= 0.3 is 11.9 Å². The Balaban J connectivity index is 1.43. The quantitative estimate of drug-likeness (QED) is 0.317. The highest BCUT2D eigenvalue weighted by Crippen LogP contribution is 2.70. The van der Waals surface area contributed by atoms with Crippen molar-refractivity contribution in [1.29, 1.82) is 0 Å². The van der Waals surface area contributed by atoms with Gasteiger partial charge < -0.3 is 9.47 Å². The second-order valence-electron chi connectivity index (χ2n) is 14.3. The molecule has 0 aromatic heterocycles. The minimum Gasteiger partial charge on any atom is -0.460 e. The summed E-state index contributed by atoms with van der Waals surface area (Å²) >= 11 is 0. The molecule has 0 heterocycles. The first-order chi connectivity index (χ1) is 17.1. The van der Waals surface area contributed by atoms with Crippen molar-refractivity contribution in [2.75, 3.05) is 0 Å². The van der Waals surface area contributed by atoms with Crippen LogP contribution in [0, 0.1) is 46.3 Å². The third kappa shape index (κ3) is 5.21. The SMILES string of the molecule is CC(=O)O[C@H]1CC[C@]2(C)[C@H]3CC[C@@]4(C)C(CC[C@@H]4[C@H](C)CCCC(C)(C)OC(C)=O)[C@@H]3CC[C@H]2C1(F)F. The van der Waals surface area contributed by atoms with Gasteiger partial charge in [0.05, 0.1) is 0 Å². The number of ether oxygens (including phenoxy) is 2. The van der Waals surface area contributed by atoms with Gasteiger partial charge in [0.25, 0.3) is 5.92 Å². The Kier molecular flexibility index (Phi) is 7.85. The van der Waals surface area contributed by atoms with Crippen LogP contribution < -0.4 is 0 Å². The molecule has 0 radical (unpaired) electrons. The van der Waals surface area contributed by atoms with Crippen LogP contribution in [0.25, 0.3) is 0 Å². The number of carbonyl (C=O) groups excluding carboxylic acids is 2. The van der Waals surface area contributed by atoms with E-state index in [1.807, 2.05) is 13.8 Å². The fourth-order valence-corrected chi connectivity index (χ4v) is 10.1. The van der Waals surface area contributed by atoms with E-state index in [9.17, 15) is 9.59 Å². The number of rotatable bonds is 7. The summed E-state index contributed by atoms with van der Waals surface area (Å²) in [6.45, 7) is 13.7. The molecule has 9 atom stereocenters. The van der Waals surface area contributed by atoms with Crippen LogP contribution in [0.3, 0.4) is 0 Å². The molecular weight excluding hydrogens is 474 g/mol. The molecular formula is C31H50F2O4. The standard InChI is InChI=1S/C31H50F2O4/c1-19(9-8-16-28(4,5)37-21(3)35)23-11-12-24-22-10-13-26-30(7,25(22)14-17-29(23,24)6)18-15-27(31(26,32)33)36-20(2)34/h19,22-27H,8-18H2,1-7H3/t19-,22+,23-,24?,25+,26-,27+,29-,30-/m1/s1. The van der Waals surface area contributed by atoms with Gasteiger partial charge in [-0.05, 0) is 118 Å². The molecule has 4 aliphatic carbocycles. The van der Waals surface area contributed by atoms with Crippen LogP contribution in [0.1, 0.15) is 119 Å². The zero-order valence-corrected chi connectivity index (χ0v) is 24.2. The summed E-state index contributed by atoms with van der Waals surface area (Å²) in [5.41, 5.74) is -0.515. The van der Waals surface area contributed by atoms with Crippen LogP contribution in [-0.2, 0) is 19.1 Å². The van der Waals surface area contributed by atoms with Crippen molar-refractivity contribution in [3.8, 4) is 0 Å². The van der Waals surface area contributed by atoms with Crippen LogP contribution in [-0.4, -0.2) is 29.6 Å². The van der Waals surface area contributed by atoms with Gasteiger partial charge in [-0.1, -0.05) is 27.2 Å². The molecule has 0 aliphatic heterocycles. The van der Waals surface area contributed by atoms with Crippen molar-refractivity contribution in [3.63, 3.8) is 0 Å². The molecule has 4 aliphatic rings. The summed E-state index contributed by atoms with van der Waals surface area (Å²) in [6, 6.07) is 0. The van der Waals surface area contributed by atoms with Gasteiger partial charge in [0.15, 0.2) is 6.10 Å². The fraction of sp³-hybridized carbons (Fsp3) is 0.935. The Bertz CT molecular complexity index is 871. The minimum absolute atomic E-state index is 0.220. The second-order valence-corrected chi connectivity index (χ2v) is 14.3. The first kappa shape index (κ1) is 28.8. The van der Waals surface area contributed by atoms with Gasteiger partial charge in [0.1, 0.15) is 5.60 Å². The van der Waals surface area contributed by atoms with Crippen LogP contribution in [0.4, 0.5) is 8.78 Å². The summed E-state index contributed by atoms with van der Waals surface area (Å²) in [4.78, 5) is 22.9. The van der Waals surface area contributed by atoms with Crippen LogP contribution in [0.2, 0.25) is 0 Å². The third-order valence-electron chi connectivity index (χ3n) is 11.6. The Morgan fingerprint density at radius 3 is 2.22 bits per heavy atom. The highest BCUT2D eigenvalue weighted by atomic mass is 19.3. The van der Waals surface area contributed by atoms with Gasteiger partial charge in [-0.15, -0.1) is 0 Å². The molecule has 4 nitrogen and oxygen atoms in total. The molecule has 0 aromatic carbocycles. The molecule has 1 unspecified atom stereocenters. The maximum Gasteiger partial charge on any atom is 0.303 e. The molecule has 4 fully saturated rings. The Morgan fingerprint density at radius 2 is 1.57 bits per heavy atom. The molecule has 4 saturated carbocycles. The Labute approximate surface area is 223 Å². The highest BCUT2D eigenvalue weighted by molar-refractivity contribution is 5.66. The molecule has 212 valence electrons. The lowest BCUT2D eigenvalue weighted by Crippen LogP contribution is -2.61. The molecule has 4 rings (SSSR count). The topological polar surface area (TPSA) is 52.6 Å². The van der Waals surface area contributed by atoms with Crippen molar-refractivity contribution in [2.24, 2.45) is 46.3 Å². The number of hydrogen-bond acceptors (Lipinski definition) is 4. The summed E-state index contributed by atoms with van der Waals surface area (Å²) in [7, 11) is 0. The predicted molar refractivity (Wildman–Crippen MR) is 140 cm³/mol. The van der Waals surface area contributed by atoms with E-state index in [0.29, 0.717) is 36.0 Å². The van der Waals surface area contributed by atoms with Crippen molar-refractivity contribution < 1.29 is 27.8 Å². The van der Waals surface area contributed by atoms with E-state index >= 15 is 8.78 Å².